The van der Waals surface area contributed by atoms with Crippen LogP contribution in [0.5, 0.6) is 11.5 Å². The van der Waals surface area contributed by atoms with Crippen molar-refractivity contribution in [3.05, 3.63) is 58.7 Å². The van der Waals surface area contributed by atoms with Crippen LogP contribution in [0, 0.1) is 11.6 Å². The van der Waals surface area contributed by atoms with E-state index in [0.717, 1.165) is 12.1 Å². The Morgan fingerprint density at radius 1 is 1.12 bits per heavy atom. The molecule has 0 aromatic heterocycles. The maximum Gasteiger partial charge on any atom is 0.547 e. The summed E-state index contributed by atoms with van der Waals surface area (Å²) in [4.78, 5) is 64.8. The molecule has 0 aliphatic carbocycles. The molecule has 5 amide bonds. The lowest BCUT2D eigenvalue weighted by molar-refractivity contribution is -0.153. The first kappa shape index (κ1) is 30.2. The Labute approximate surface area is 237 Å². The fraction of sp³-hybridized carbons (Fsp3) is 0.320. The van der Waals surface area contributed by atoms with Crippen molar-refractivity contribution in [1.29, 1.82) is 0 Å². The number of nitrogens with one attached hydrogen (secondary N) is 2. The molecule has 17 heteroatoms. The summed E-state index contributed by atoms with van der Waals surface area (Å²) in [7, 11) is -1.78. The number of hydrogen-bond donors (Lipinski definition) is 6. The van der Waals surface area contributed by atoms with Crippen LogP contribution in [-0.2, 0) is 20.8 Å². The number of amides is 5. The first-order valence-corrected chi connectivity index (χ1v) is 12.7. The molecular weight excluding hydrogens is 563 g/mol. The number of aromatic hydroxyl groups is 1. The minimum Gasteiger partial charge on any atom is -0.534 e. The molecule has 2 atom stereocenters. The largest absolute Gasteiger partial charge is 0.547 e. The highest BCUT2D eigenvalue weighted by atomic mass is 19.2. The maximum absolute atomic E-state index is 14.9. The molecule has 2 aliphatic rings. The van der Waals surface area contributed by atoms with Crippen LogP contribution < -0.4 is 21.0 Å². The average Bonchev–Trinajstić information content (AvgIpc) is 2.95. The fourth-order valence-electron chi connectivity index (χ4n) is 4.61. The van der Waals surface area contributed by atoms with Gasteiger partial charge in [0, 0.05) is 25.2 Å². The lowest BCUT2D eigenvalue weighted by Crippen LogP contribution is -2.60. The van der Waals surface area contributed by atoms with Crippen molar-refractivity contribution in [1.82, 2.24) is 20.4 Å². The molecule has 0 radical (unpaired) electrons. The summed E-state index contributed by atoms with van der Waals surface area (Å²) in [6.45, 7) is 0.156. The Hall–Kier alpha value is -4.77. The van der Waals surface area contributed by atoms with E-state index in [9.17, 15) is 48.0 Å². The van der Waals surface area contributed by atoms with Crippen molar-refractivity contribution >= 4 is 36.8 Å². The Bertz CT molecular complexity index is 1450. The Morgan fingerprint density at radius 2 is 1.86 bits per heavy atom. The number of carboxylic acid groups (broad SMARTS) is 1. The molecule has 4 rings (SSSR count). The van der Waals surface area contributed by atoms with Crippen LogP contribution in [-0.4, -0.2) is 94.0 Å². The van der Waals surface area contributed by atoms with Crippen molar-refractivity contribution < 1.29 is 52.6 Å². The van der Waals surface area contributed by atoms with E-state index in [0.29, 0.717) is 16.9 Å². The van der Waals surface area contributed by atoms with Gasteiger partial charge in [0.2, 0.25) is 11.7 Å². The fourth-order valence-corrected chi connectivity index (χ4v) is 4.61. The highest BCUT2D eigenvalue weighted by molar-refractivity contribution is 6.47. The second-order valence-electron chi connectivity index (χ2n) is 9.50. The van der Waals surface area contributed by atoms with Crippen molar-refractivity contribution in [2.75, 3.05) is 26.2 Å². The predicted octanol–water partition coefficient (Wildman–Crippen LogP) is -0.721. The van der Waals surface area contributed by atoms with Gasteiger partial charge in [-0.3, -0.25) is 19.3 Å². The molecule has 7 N–H and O–H groups in total. The molecular formula is C25H26BF2N5O9. The number of phenols is 1. The SMILES string of the molecule is NCCCN1CCN(C(=O)N[C@@H](C(=O)N[C@H]2Cc3cccc(C(=O)O)c3OB2O)c2ccc(O)c(F)c2F)C(=O)C1=O. The Kier molecular flexibility index (Phi) is 8.92. The van der Waals surface area contributed by atoms with Crippen molar-refractivity contribution in [3.8, 4) is 11.5 Å². The van der Waals surface area contributed by atoms with Gasteiger partial charge >= 0.3 is 30.9 Å². The number of hydrogen-bond acceptors (Lipinski definition) is 9. The van der Waals surface area contributed by atoms with Crippen molar-refractivity contribution in [2.45, 2.75) is 24.8 Å². The highest BCUT2D eigenvalue weighted by Gasteiger charge is 2.41. The number of nitrogens with two attached hydrogens (primary N) is 1. The minimum absolute atomic E-state index is 0.0274. The number of nitrogens with zero attached hydrogens (tertiary/aromatic N) is 2. The van der Waals surface area contributed by atoms with E-state index >= 15 is 0 Å². The summed E-state index contributed by atoms with van der Waals surface area (Å²) in [5.41, 5.74) is 4.77. The molecule has 222 valence electrons. The number of phenolic OH excluding ortho intramolecular Hbond substituents is 1. The number of imide groups is 1. The van der Waals surface area contributed by atoms with E-state index in [4.69, 9.17) is 10.4 Å². The molecule has 2 aromatic carbocycles. The standard InChI is InChI=1S/C25H26BF2N5O9/c27-17-13(5-6-15(34)18(17)28)19(31-25(40)33-10-9-32(8-2-7-29)22(36)23(33)37)21(35)30-16-11-12-3-1-4-14(24(38)39)20(12)42-26(16)41/h1,3-6,16,19,34,41H,2,7-11,29H2,(H,30,35)(H,31,40)(H,38,39)/t16-,19+/m0/s1. The summed E-state index contributed by atoms with van der Waals surface area (Å²) >= 11 is 0. The number of urea groups is 1. The quantitative estimate of drug-likeness (QED) is 0.168. The number of carboxylic acids is 1. The number of aromatic carboxylic acids is 1. The molecule has 42 heavy (non-hydrogen) atoms. The number of halogens is 2. The first-order valence-electron chi connectivity index (χ1n) is 12.7. The van der Waals surface area contributed by atoms with Crippen molar-refractivity contribution in [2.24, 2.45) is 5.73 Å². The first-order chi connectivity index (χ1) is 19.9. The van der Waals surface area contributed by atoms with E-state index < -0.39 is 71.8 Å². The van der Waals surface area contributed by atoms with Crippen LogP contribution in [0.2, 0.25) is 0 Å². The van der Waals surface area contributed by atoms with E-state index in [-0.39, 0.29) is 43.9 Å². The zero-order chi connectivity index (χ0) is 30.7. The number of carbonyl (C=O) groups excluding carboxylic acids is 4. The maximum atomic E-state index is 14.9. The monoisotopic (exact) mass is 589 g/mol. The Morgan fingerprint density at radius 3 is 2.55 bits per heavy atom. The van der Waals surface area contributed by atoms with Crippen LogP contribution in [0.15, 0.2) is 30.3 Å². The second-order valence-corrected chi connectivity index (χ2v) is 9.50. The van der Waals surface area contributed by atoms with Crippen LogP contribution in [0.3, 0.4) is 0 Å². The van der Waals surface area contributed by atoms with Crippen molar-refractivity contribution in [3.63, 3.8) is 0 Å². The van der Waals surface area contributed by atoms with Gasteiger partial charge in [-0.1, -0.05) is 12.1 Å². The van der Waals surface area contributed by atoms with E-state index in [2.05, 4.69) is 10.6 Å². The lowest BCUT2D eigenvalue weighted by Gasteiger charge is -2.34. The van der Waals surface area contributed by atoms with Gasteiger partial charge in [0.05, 0.1) is 11.5 Å². The summed E-state index contributed by atoms with van der Waals surface area (Å²) in [6, 6.07) is 2.46. The molecule has 14 nitrogen and oxygen atoms in total. The third-order valence-corrected chi connectivity index (χ3v) is 6.80. The summed E-state index contributed by atoms with van der Waals surface area (Å²) in [5, 5.41) is 33.9. The zero-order valence-corrected chi connectivity index (χ0v) is 21.9. The molecule has 0 unspecified atom stereocenters. The summed E-state index contributed by atoms with van der Waals surface area (Å²) in [5.74, 6) is -10.5. The molecule has 0 bridgehead atoms. The third-order valence-electron chi connectivity index (χ3n) is 6.80. The summed E-state index contributed by atoms with van der Waals surface area (Å²) in [6.07, 6.45) is 0.270. The summed E-state index contributed by atoms with van der Waals surface area (Å²) < 4.78 is 34.5. The number of para-hydroxylation sites is 1. The number of fused-ring (bicyclic) bond motifs is 1. The van der Waals surface area contributed by atoms with Crippen LogP contribution in [0.1, 0.15) is 33.9 Å². The van der Waals surface area contributed by atoms with Gasteiger partial charge in [-0.25, -0.2) is 14.0 Å². The highest BCUT2D eigenvalue weighted by Crippen LogP contribution is 2.31. The number of piperazine rings is 1. The Balaban J connectivity index is 1.58. The molecule has 2 heterocycles. The van der Waals surface area contributed by atoms with Crippen LogP contribution >= 0.6 is 0 Å². The van der Waals surface area contributed by atoms with Gasteiger partial charge in [-0.05, 0) is 43.1 Å². The van der Waals surface area contributed by atoms with Crippen LogP contribution in [0.4, 0.5) is 13.6 Å². The van der Waals surface area contributed by atoms with E-state index in [1.165, 1.54) is 23.1 Å². The van der Waals surface area contributed by atoms with Gasteiger partial charge in [0.25, 0.3) is 0 Å². The molecule has 1 fully saturated rings. The predicted molar refractivity (Wildman–Crippen MR) is 139 cm³/mol. The molecule has 0 saturated carbocycles. The van der Waals surface area contributed by atoms with E-state index in [1.54, 1.807) is 0 Å². The van der Waals surface area contributed by atoms with E-state index in [1.807, 2.05) is 0 Å². The average molecular weight is 589 g/mol. The smallest absolute Gasteiger partial charge is 0.534 e. The van der Waals surface area contributed by atoms with Gasteiger partial charge in [0.1, 0.15) is 11.8 Å². The molecule has 2 aliphatic heterocycles. The topological polar surface area (TPSA) is 212 Å². The lowest BCUT2D eigenvalue weighted by atomic mass is 9.72. The molecule has 0 spiro atoms. The number of benzene rings is 2. The van der Waals surface area contributed by atoms with Crippen LogP contribution in [0.25, 0.3) is 0 Å². The third kappa shape index (κ3) is 5.96. The van der Waals surface area contributed by atoms with Gasteiger partial charge in [-0.15, -0.1) is 0 Å². The number of rotatable bonds is 8. The molecule has 1 saturated heterocycles. The second kappa shape index (κ2) is 12.4. The number of carbonyl (C=O) groups is 5. The minimum atomic E-state index is -2.02. The molecule has 2 aromatic rings. The van der Waals surface area contributed by atoms with Gasteiger partial charge in [-0.2, -0.15) is 4.39 Å². The normalized spacial score (nSPS) is 17.3. The zero-order valence-electron chi connectivity index (χ0n) is 21.9. The van der Waals surface area contributed by atoms with Gasteiger partial charge < -0.3 is 41.2 Å². The van der Waals surface area contributed by atoms with Gasteiger partial charge in [0.15, 0.2) is 11.6 Å².